The molecule has 0 fully saturated rings. The number of halogens is 15. The van der Waals surface area contributed by atoms with Crippen molar-refractivity contribution in [3.05, 3.63) is 164 Å². The van der Waals surface area contributed by atoms with Crippen molar-refractivity contribution >= 4 is 52.3 Å². The third-order valence-electron chi connectivity index (χ3n) is 10.6. The maximum atomic E-state index is 15.8. The monoisotopic (exact) mass is 928 g/mol. The number of fused-ring (bicyclic) bond motifs is 8. The van der Waals surface area contributed by atoms with Crippen molar-refractivity contribution in [3.8, 4) is 44.5 Å². The zero-order chi connectivity index (χ0) is 47.4. The van der Waals surface area contributed by atoms with Gasteiger partial charge in [-0.1, -0.05) is 12.1 Å². The van der Waals surface area contributed by atoms with Crippen molar-refractivity contribution in [2.45, 2.75) is 0 Å². The smallest absolute Gasteiger partial charge is 0.335 e. The predicted octanol–water partition coefficient (Wildman–Crippen LogP) is 13.1. The van der Waals surface area contributed by atoms with Crippen molar-refractivity contribution in [2.75, 3.05) is 0 Å². The molecule has 0 amide bonds. The molecule has 5 heterocycles. The van der Waals surface area contributed by atoms with E-state index in [-0.39, 0.29) is 27.9 Å². The molecule has 4 aromatic carbocycles. The molecule has 0 spiro atoms. The Balaban J connectivity index is 1.56. The standard InChI is InChI=1S/C45H15F15N4O2/c46-30-27(31(47)37(53)42(58)36(30)52)24-17-7-5-15(61-17)23(13-1-3-14(4-2-13)45(65)66)16-6-8-18(62-16)25(28-32(48)38(54)43(59)39(55)33(28)49)20-10-12-22(64-20)26(21-11-9-19(24)63-21)29-34(50)40(56)44(60)41(57)35(29)51/h1-12,61,64H,(H,65,66). The molecule has 8 bridgehead atoms. The van der Waals surface area contributed by atoms with E-state index in [2.05, 4.69) is 19.9 Å². The molecule has 0 radical (unpaired) electrons. The van der Waals surface area contributed by atoms with Crippen LogP contribution < -0.4 is 0 Å². The summed E-state index contributed by atoms with van der Waals surface area (Å²) in [4.78, 5) is 25.3. The third-order valence-corrected chi connectivity index (χ3v) is 10.6. The van der Waals surface area contributed by atoms with Crippen LogP contribution in [-0.4, -0.2) is 31.0 Å². The highest BCUT2D eigenvalue weighted by Gasteiger charge is 2.34. The summed E-state index contributed by atoms with van der Waals surface area (Å²) >= 11 is 0. The van der Waals surface area contributed by atoms with E-state index in [1.807, 2.05) is 0 Å². The van der Waals surface area contributed by atoms with Gasteiger partial charge in [-0.05, 0) is 66.3 Å². The fourth-order valence-corrected chi connectivity index (χ4v) is 7.55. The first-order chi connectivity index (χ1) is 31.3. The van der Waals surface area contributed by atoms with Crippen LogP contribution in [0.1, 0.15) is 33.1 Å². The molecule has 332 valence electrons. The van der Waals surface area contributed by atoms with E-state index in [0.717, 1.165) is 60.7 Å². The lowest BCUT2D eigenvalue weighted by molar-refractivity contribution is 0.0696. The molecule has 9 rings (SSSR count). The van der Waals surface area contributed by atoms with Gasteiger partial charge in [0.1, 0.15) is 0 Å². The molecule has 2 aliphatic rings. The summed E-state index contributed by atoms with van der Waals surface area (Å²) in [6, 6.07) is 8.47. The summed E-state index contributed by atoms with van der Waals surface area (Å²) in [5.41, 5.74) is -13.0. The Morgan fingerprint density at radius 2 is 0.576 bits per heavy atom. The highest BCUT2D eigenvalue weighted by molar-refractivity contribution is 6.00. The lowest BCUT2D eigenvalue weighted by Crippen LogP contribution is -2.06. The Morgan fingerprint density at radius 3 is 0.848 bits per heavy atom. The van der Waals surface area contributed by atoms with Gasteiger partial charge in [-0.2, -0.15) is 0 Å². The van der Waals surface area contributed by atoms with Crippen molar-refractivity contribution < 1.29 is 75.8 Å². The van der Waals surface area contributed by atoms with E-state index >= 15 is 26.3 Å². The van der Waals surface area contributed by atoms with Gasteiger partial charge in [0.05, 0.1) is 45.0 Å². The lowest BCUT2D eigenvalue weighted by atomic mass is 10.0. The van der Waals surface area contributed by atoms with Crippen LogP contribution in [0.5, 0.6) is 0 Å². The molecule has 7 aromatic rings. The minimum absolute atomic E-state index is 0.0627. The van der Waals surface area contributed by atoms with Crippen molar-refractivity contribution in [3.63, 3.8) is 0 Å². The van der Waals surface area contributed by atoms with Crippen molar-refractivity contribution in [1.82, 2.24) is 19.9 Å². The van der Waals surface area contributed by atoms with Crippen LogP contribution in [0, 0.1) is 87.3 Å². The largest absolute Gasteiger partial charge is 0.478 e. The maximum absolute atomic E-state index is 15.8. The molecule has 0 aliphatic carbocycles. The maximum Gasteiger partial charge on any atom is 0.335 e. The summed E-state index contributed by atoms with van der Waals surface area (Å²) in [7, 11) is 0. The number of H-pyrrole nitrogens is 2. The summed E-state index contributed by atoms with van der Waals surface area (Å²) in [5.74, 6) is -38.6. The Hall–Kier alpha value is -8.10. The summed E-state index contributed by atoms with van der Waals surface area (Å²) in [6.07, 6.45) is 3.67. The number of hydrogen-bond acceptors (Lipinski definition) is 3. The van der Waals surface area contributed by atoms with Gasteiger partial charge in [0, 0.05) is 44.3 Å². The Kier molecular flexibility index (Phi) is 10.2. The zero-order valence-electron chi connectivity index (χ0n) is 31.8. The SMILES string of the molecule is O=C(O)c1ccc(-c2c3nc(c(-c4c(F)c(F)c(F)c(F)c4F)c4ccc([nH]4)c(-c4c(F)c(F)c(F)c(F)c4F)c4nc(c(-c5c(F)c(F)c(F)c(F)c5F)c5ccc2[nH]5)C=C4)C=C3)cc1. The molecule has 6 nitrogen and oxygen atoms in total. The Morgan fingerprint density at radius 1 is 0.333 bits per heavy atom. The van der Waals surface area contributed by atoms with Crippen molar-refractivity contribution in [1.29, 1.82) is 0 Å². The lowest BCUT2D eigenvalue weighted by Gasteiger charge is -2.11. The number of carboxylic acid groups (broad SMARTS) is 1. The molecule has 0 unspecified atom stereocenters. The van der Waals surface area contributed by atoms with Crippen molar-refractivity contribution in [2.24, 2.45) is 0 Å². The average molecular weight is 929 g/mol. The quantitative estimate of drug-likeness (QED) is 0.0910. The van der Waals surface area contributed by atoms with E-state index in [0.29, 0.717) is 0 Å². The summed E-state index contributed by atoms with van der Waals surface area (Å²) < 4.78 is 228. The number of nitrogens with one attached hydrogen (secondary N) is 2. The first-order valence-electron chi connectivity index (χ1n) is 18.4. The van der Waals surface area contributed by atoms with Crippen LogP contribution in [0.25, 0.3) is 90.9 Å². The molecule has 3 aromatic heterocycles. The minimum atomic E-state index is -2.63. The predicted molar refractivity (Wildman–Crippen MR) is 207 cm³/mol. The molecule has 0 atom stereocenters. The Labute approximate surface area is 356 Å². The first-order valence-corrected chi connectivity index (χ1v) is 18.4. The highest BCUT2D eigenvalue weighted by atomic mass is 19.2. The van der Waals surface area contributed by atoms with Crippen LogP contribution in [-0.2, 0) is 0 Å². The van der Waals surface area contributed by atoms with Gasteiger partial charge in [-0.25, -0.2) is 80.6 Å². The highest BCUT2D eigenvalue weighted by Crippen LogP contribution is 2.43. The van der Waals surface area contributed by atoms with Gasteiger partial charge < -0.3 is 15.1 Å². The molecule has 66 heavy (non-hydrogen) atoms. The molecule has 3 N–H and O–H groups in total. The second-order valence-electron chi connectivity index (χ2n) is 14.2. The van der Waals surface area contributed by atoms with E-state index in [1.165, 1.54) is 12.1 Å². The zero-order valence-corrected chi connectivity index (χ0v) is 31.8. The van der Waals surface area contributed by atoms with Gasteiger partial charge in [0.15, 0.2) is 69.8 Å². The van der Waals surface area contributed by atoms with Gasteiger partial charge in [-0.3, -0.25) is 0 Å². The van der Waals surface area contributed by atoms with Gasteiger partial charge in [0.25, 0.3) is 0 Å². The molecule has 21 heteroatoms. The fraction of sp³-hybridized carbons (Fsp3) is 0. The summed E-state index contributed by atoms with van der Waals surface area (Å²) in [5, 5.41) is 9.54. The van der Waals surface area contributed by atoms with Gasteiger partial charge in [-0.15, -0.1) is 0 Å². The van der Waals surface area contributed by atoms with Crippen LogP contribution in [0.15, 0.2) is 48.5 Å². The summed E-state index contributed by atoms with van der Waals surface area (Å²) in [6.45, 7) is 0. The second kappa shape index (κ2) is 15.6. The van der Waals surface area contributed by atoms with Crippen LogP contribution in [0.2, 0.25) is 0 Å². The van der Waals surface area contributed by atoms with Crippen LogP contribution >= 0.6 is 0 Å². The molecule has 0 saturated carbocycles. The Bertz CT molecular complexity index is 3430. The number of carbonyl (C=O) groups is 1. The molecule has 0 saturated heterocycles. The fourth-order valence-electron chi connectivity index (χ4n) is 7.55. The minimum Gasteiger partial charge on any atom is -0.478 e. The number of aromatic amines is 2. The van der Waals surface area contributed by atoms with E-state index in [4.69, 9.17) is 0 Å². The average Bonchev–Trinajstić information content (AvgIpc) is 4.16. The van der Waals surface area contributed by atoms with Crippen LogP contribution in [0.4, 0.5) is 65.9 Å². The van der Waals surface area contributed by atoms with E-state index in [1.54, 1.807) is 0 Å². The number of hydrogen-bond donors (Lipinski definition) is 3. The third kappa shape index (κ3) is 6.43. The number of carboxylic acids is 1. The molecule has 2 aliphatic heterocycles. The number of rotatable bonds is 5. The molecular formula is C45H15F15N4O2. The number of benzene rings is 4. The van der Waals surface area contributed by atoms with Crippen LogP contribution in [0.3, 0.4) is 0 Å². The number of aromatic nitrogens is 4. The number of nitrogens with zero attached hydrogens (tertiary/aromatic N) is 2. The van der Waals surface area contributed by atoms with Gasteiger partial charge in [0.2, 0.25) is 17.5 Å². The topological polar surface area (TPSA) is 94.7 Å². The van der Waals surface area contributed by atoms with E-state index < -0.39 is 160 Å². The molecular weight excluding hydrogens is 913 g/mol. The second-order valence-corrected chi connectivity index (χ2v) is 14.2. The van der Waals surface area contributed by atoms with Gasteiger partial charge >= 0.3 is 5.97 Å². The number of aromatic carboxylic acids is 1. The normalized spacial score (nSPS) is 12.2. The first kappa shape index (κ1) is 43.2. The van der Waals surface area contributed by atoms with E-state index in [9.17, 15) is 49.4 Å².